The Morgan fingerprint density at radius 3 is 3.00 bits per heavy atom. The van der Waals surface area contributed by atoms with E-state index in [2.05, 4.69) is 14.8 Å². The van der Waals surface area contributed by atoms with E-state index < -0.39 is 0 Å². The van der Waals surface area contributed by atoms with E-state index in [-0.39, 0.29) is 0 Å². The molecule has 3 rings (SSSR count). The molecular formula is C15H17N3OS. The number of aryl methyl sites for hydroxylation is 2. The number of hydrogen-bond acceptors (Lipinski definition) is 4. The van der Waals surface area contributed by atoms with Gasteiger partial charge in [-0.15, -0.1) is 10.2 Å². The fraction of sp³-hybridized carbons (Fsp3) is 0.400. The Hall–Kier alpha value is -1.62. The second-order valence-corrected chi connectivity index (χ2v) is 6.13. The van der Waals surface area contributed by atoms with Gasteiger partial charge >= 0.3 is 0 Å². The minimum absolute atomic E-state index is 0.723. The van der Waals surface area contributed by atoms with Crippen LogP contribution >= 0.6 is 11.8 Å². The maximum absolute atomic E-state index is 11.2. The summed E-state index contributed by atoms with van der Waals surface area (Å²) in [6, 6.07) is 5.92. The first-order chi connectivity index (χ1) is 9.78. The predicted molar refractivity (Wildman–Crippen MR) is 78.3 cm³/mol. The molecule has 1 aliphatic heterocycles. The molecular weight excluding hydrogens is 270 g/mol. The Morgan fingerprint density at radius 2 is 2.15 bits per heavy atom. The summed E-state index contributed by atoms with van der Waals surface area (Å²) in [6.45, 7) is 2.97. The molecule has 2 aromatic rings. The minimum atomic E-state index is 0.723. The summed E-state index contributed by atoms with van der Waals surface area (Å²) in [7, 11) is 0. The monoisotopic (exact) mass is 287 g/mol. The van der Waals surface area contributed by atoms with Crippen molar-refractivity contribution in [2.75, 3.05) is 0 Å². The molecule has 0 saturated heterocycles. The second-order valence-electron chi connectivity index (χ2n) is 5.12. The quantitative estimate of drug-likeness (QED) is 0.813. The summed E-state index contributed by atoms with van der Waals surface area (Å²) in [4.78, 5) is 12.1. The fourth-order valence-corrected chi connectivity index (χ4v) is 3.43. The van der Waals surface area contributed by atoms with E-state index in [0.29, 0.717) is 0 Å². The van der Waals surface area contributed by atoms with Crippen LogP contribution in [0.1, 0.15) is 41.0 Å². The van der Waals surface area contributed by atoms with Crippen molar-refractivity contribution < 1.29 is 4.79 Å². The molecule has 0 N–H and O–H groups in total. The number of hydrogen-bond donors (Lipinski definition) is 0. The molecule has 1 aromatic heterocycles. The molecule has 0 radical (unpaired) electrons. The molecule has 0 amide bonds. The van der Waals surface area contributed by atoms with Crippen molar-refractivity contribution in [3.05, 3.63) is 35.2 Å². The highest BCUT2D eigenvalue weighted by Gasteiger charge is 2.16. The lowest BCUT2D eigenvalue weighted by atomic mass is 10.2. The first-order valence-electron chi connectivity index (χ1n) is 6.93. The fourth-order valence-electron chi connectivity index (χ4n) is 2.49. The van der Waals surface area contributed by atoms with E-state index in [1.54, 1.807) is 0 Å². The van der Waals surface area contributed by atoms with E-state index in [1.807, 2.05) is 25.1 Å². The van der Waals surface area contributed by atoms with Crippen LogP contribution in [0.15, 0.2) is 28.3 Å². The predicted octanol–water partition coefficient (Wildman–Crippen LogP) is 3.28. The third-order valence-corrected chi connectivity index (χ3v) is 4.65. The van der Waals surface area contributed by atoms with E-state index in [9.17, 15) is 4.79 Å². The van der Waals surface area contributed by atoms with Crippen LogP contribution in [-0.4, -0.2) is 21.1 Å². The number of carbonyl (C=O) groups is 1. The van der Waals surface area contributed by atoms with Crippen molar-refractivity contribution in [1.29, 1.82) is 0 Å². The van der Waals surface area contributed by atoms with Crippen molar-refractivity contribution in [2.45, 2.75) is 49.2 Å². The SMILES string of the molecule is Cc1ccc(Sc2nnc3n2CCCCC3)c(C=O)c1. The largest absolute Gasteiger partial charge is 0.306 e. The third-order valence-electron chi connectivity index (χ3n) is 3.57. The van der Waals surface area contributed by atoms with Gasteiger partial charge in [-0.05, 0) is 43.7 Å². The van der Waals surface area contributed by atoms with Crippen molar-refractivity contribution in [2.24, 2.45) is 0 Å². The third kappa shape index (κ3) is 2.63. The van der Waals surface area contributed by atoms with Gasteiger partial charge in [0.1, 0.15) is 5.82 Å². The lowest BCUT2D eigenvalue weighted by Crippen LogP contribution is -2.02. The second kappa shape index (κ2) is 5.79. The van der Waals surface area contributed by atoms with Crippen molar-refractivity contribution in [3.63, 3.8) is 0 Å². The number of fused-ring (bicyclic) bond motifs is 1. The number of carbonyl (C=O) groups excluding carboxylic acids is 1. The zero-order chi connectivity index (χ0) is 13.9. The Morgan fingerprint density at radius 1 is 1.25 bits per heavy atom. The molecule has 0 spiro atoms. The van der Waals surface area contributed by atoms with Gasteiger partial charge in [0.15, 0.2) is 11.4 Å². The molecule has 1 aromatic carbocycles. The van der Waals surface area contributed by atoms with Crippen LogP contribution in [0.4, 0.5) is 0 Å². The maximum atomic E-state index is 11.2. The van der Waals surface area contributed by atoms with Crippen LogP contribution in [0.5, 0.6) is 0 Å². The molecule has 0 unspecified atom stereocenters. The molecule has 0 aliphatic carbocycles. The minimum Gasteiger partial charge on any atom is -0.306 e. The Kier molecular flexibility index (Phi) is 3.87. The van der Waals surface area contributed by atoms with E-state index in [0.717, 1.165) is 46.3 Å². The molecule has 2 heterocycles. The highest BCUT2D eigenvalue weighted by atomic mass is 32.2. The summed E-state index contributed by atoms with van der Waals surface area (Å²) >= 11 is 1.54. The molecule has 0 atom stereocenters. The Labute approximate surface area is 122 Å². The van der Waals surface area contributed by atoms with Crippen LogP contribution < -0.4 is 0 Å². The van der Waals surface area contributed by atoms with Crippen LogP contribution in [-0.2, 0) is 13.0 Å². The lowest BCUT2D eigenvalue weighted by Gasteiger charge is -2.08. The summed E-state index contributed by atoms with van der Waals surface area (Å²) < 4.78 is 2.20. The van der Waals surface area contributed by atoms with Gasteiger partial charge in [0.05, 0.1) is 0 Å². The van der Waals surface area contributed by atoms with Gasteiger partial charge in [-0.25, -0.2) is 0 Å². The van der Waals surface area contributed by atoms with Gasteiger partial charge < -0.3 is 4.57 Å². The van der Waals surface area contributed by atoms with Gasteiger partial charge in [-0.2, -0.15) is 0 Å². The number of benzene rings is 1. The molecule has 1 aliphatic rings. The zero-order valence-corrected chi connectivity index (χ0v) is 12.3. The standard InChI is InChI=1S/C15H17N3OS/c1-11-6-7-13(12(9-11)10-19)20-15-17-16-14-5-3-2-4-8-18(14)15/h6-7,9-10H,2-5,8H2,1H3. The van der Waals surface area contributed by atoms with E-state index >= 15 is 0 Å². The van der Waals surface area contributed by atoms with E-state index in [4.69, 9.17) is 0 Å². The average Bonchev–Trinajstić information content (AvgIpc) is 2.69. The molecule has 4 nitrogen and oxygen atoms in total. The van der Waals surface area contributed by atoms with Gasteiger partial charge in [0.25, 0.3) is 0 Å². The molecule has 0 saturated carbocycles. The Bertz CT molecular complexity index is 636. The van der Waals surface area contributed by atoms with Crippen molar-refractivity contribution in [3.8, 4) is 0 Å². The maximum Gasteiger partial charge on any atom is 0.196 e. The number of aldehydes is 1. The van der Waals surface area contributed by atoms with Crippen LogP contribution in [0.2, 0.25) is 0 Å². The van der Waals surface area contributed by atoms with Crippen LogP contribution in [0.3, 0.4) is 0 Å². The highest BCUT2D eigenvalue weighted by Crippen LogP contribution is 2.30. The average molecular weight is 287 g/mol. The topological polar surface area (TPSA) is 47.8 Å². The zero-order valence-electron chi connectivity index (χ0n) is 11.5. The molecule has 20 heavy (non-hydrogen) atoms. The molecule has 0 fully saturated rings. The smallest absolute Gasteiger partial charge is 0.196 e. The number of aromatic nitrogens is 3. The molecule has 0 bridgehead atoms. The number of nitrogens with zero attached hydrogens (tertiary/aromatic N) is 3. The summed E-state index contributed by atoms with van der Waals surface area (Å²) in [6.07, 6.45) is 5.52. The molecule has 5 heteroatoms. The summed E-state index contributed by atoms with van der Waals surface area (Å²) in [5.41, 5.74) is 1.82. The first-order valence-corrected chi connectivity index (χ1v) is 7.75. The van der Waals surface area contributed by atoms with Gasteiger partial charge in [-0.1, -0.05) is 18.1 Å². The normalized spacial score (nSPS) is 14.7. The van der Waals surface area contributed by atoms with E-state index in [1.165, 1.54) is 31.0 Å². The first kappa shape index (κ1) is 13.4. The summed E-state index contributed by atoms with van der Waals surface area (Å²) in [5.74, 6) is 1.07. The van der Waals surface area contributed by atoms with Gasteiger partial charge in [0.2, 0.25) is 0 Å². The number of rotatable bonds is 3. The van der Waals surface area contributed by atoms with Crippen molar-refractivity contribution in [1.82, 2.24) is 14.8 Å². The van der Waals surface area contributed by atoms with Gasteiger partial charge in [0, 0.05) is 23.4 Å². The van der Waals surface area contributed by atoms with Gasteiger partial charge in [-0.3, -0.25) is 4.79 Å². The lowest BCUT2D eigenvalue weighted by molar-refractivity contribution is 0.112. The van der Waals surface area contributed by atoms with Crippen molar-refractivity contribution >= 4 is 18.0 Å². The Balaban J connectivity index is 1.92. The van der Waals surface area contributed by atoms with Crippen LogP contribution in [0.25, 0.3) is 0 Å². The highest BCUT2D eigenvalue weighted by molar-refractivity contribution is 7.99. The van der Waals surface area contributed by atoms with Crippen LogP contribution in [0, 0.1) is 6.92 Å². The summed E-state index contributed by atoms with van der Waals surface area (Å²) in [5, 5.41) is 9.48. The molecule has 104 valence electrons.